The smallest absolute Gasteiger partial charge is 0.328 e. The van der Waals surface area contributed by atoms with Crippen LogP contribution in [0.15, 0.2) is 54.6 Å². The first-order valence-corrected chi connectivity index (χ1v) is 7.34. The van der Waals surface area contributed by atoms with E-state index >= 15 is 0 Å². The van der Waals surface area contributed by atoms with E-state index in [0.717, 1.165) is 11.1 Å². The predicted octanol–water partition coefficient (Wildman–Crippen LogP) is 2.90. The maximum absolute atomic E-state index is 12.1. The summed E-state index contributed by atoms with van der Waals surface area (Å²) in [4.78, 5) is 24.0. The minimum atomic E-state index is -0.743. The van der Waals surface area contributed by atoms with Crippen LogP contribution >= 0.6 is 0 Å². The Morgan fingerprint density at radius 2 is 1.83 bits per heavy atom. The Kier molecular flexibility index (Phi) is 5.74. The molecule has 0 aliphatic rings. The molecule has 0 spiro atoms. The van der Waals surface area contributed by atoms with Crippen LogP contribution in [0.5, 0.6) is 0 Å². The zero-order valence-electron chi connectivity index (χ0n) is 13.2. The van der Waals surface area contributed by atoms with Gasteiger partial charge in [0.05, 0.1) is 7.11 Å². The van der Waals surface area contributed by atoms with Crippen molar-refractivity contribution in [1.29, 1.82) is 0 Å². The number of carbonyl (C=O) groups is 2. The van der Waals surface area contributed by atoms with E-state index in [9.17, 15) is 9.59 Å². The first-order valence-electron chi connectivity index (χ1n) is 7.34. The zero-order valence-corrected chi connectivity index (χ0v) is 13.2. The van der Waals surface area contributed by atoms with E-state index in [1.165, 1.54) is 7.11 Å². The summed E-state index contributed by atoms with van der Waals surface area (Å²) < 4.78 is 4.77. The SMILES string of the molecule is COC(=O)C(Cc1ccccc1)NC(=O)Nc1cccc(C)c1. The van der Waals surface area contributed by atoms with E-state index in [0.29, 0.717) is 12.1 Å². The Labute approximate surface area is 135 Å². The second kappa shape index (κ2) is 7.98. The van der Waals surface area contributed by atoms with E-state index in [4.69, 9.17) is 4.74 Å². The number of ether oxygens (including phenoxy) is 1. The number of rotatable bonds is 5. The quantitative estimate of drug-likeness (QED) is 0.834. The molecule has 0 aromatic heterocycles. The topological polar surface area (TPSA) is 67.4 Å². The molecule has 2 aromatic rings. The fourth-order valence-corrected chi connectivity index (χ4v) is 2.23. The Balaban J connectivity index is 2.02. The Morgan fingerprint density at radius 1 is 1.09 bits per heavy atom. The molecule has 0 saturated carbocycles. The van der Waals surface area contributed by atoms with Crippen LogP contribution in [0.4, 0.5) is 10.5 Å². The maximum Gasteiger partial charge on any atom is 0.328 e. The summed E-state index contributed by atoms with van der Waals surface area (Å²) in [5, 5.41) is 5.38. The van der Waals surface area contributed by atoms with Gasteiger partial charge in [-0.2, -0.15) is 0 Å². The third-order valence-corrected chi connectivity index (χ3v) is 3.35. The Hall–Kier alpha value is -2.82. The highest BCUT2D eigenvalue weighted by atomic mass is 16.5. The zero-order chi connectivity index (χ0) is 16.7. The molecule has 0 bridgehead atoms. The van der Waals surface area contributed by atoms with Crippen LogP contribution in [-0.4, -0.2) is 25.2 Å². The fourth-order valence-electron chi connectivity index (χ4n) is 2.23. The van der Waals surface area contributed by atoms with Crippen molar-refractivity contribution in [2.45, 2.75) is 19.4 Å². The van der Waals surface area contributed by atoms with E-state index in [2.05, 4.69) is 10.6 Å². The third-order valence-electron chi connectivity index (χ3n) is 3.35. The van der Waals surface area contributed by atoms with Crippen molar-refractivity contribution in [2.75, 3.05) is 12.4 Å². The van der Waals surface area contributed by atoms with Crippen LogP contribution < -0.4 is 10.6 Å². The molecule has 2 N–H and O–H groups in total. The summed E-state index contributed by atoms with van der Waals surface area (Å²) in [7, 11) is 1.31. The standard InChI is InChI=1S/C18H20N2O3/c1-13-7-6-10-15(11-13)19-18(22)20-16(17(21)23-2)12-14-8-4-3-5-9-14/h3-11,16H,12H2,1-2H3,(H2,19,20,22). The van der Waals surface area contributed by atoms with E-state index < -0.39 is 18.0 Å². The van der Waals surface area contributed by atoms with Crippen molar-refractivity contribution >= 4 is 17.7 Å². The highest BCUT2D eigenvalue weighted by molar-refractivity contribution is 5.92. The molecule has 23 heavy (non-hydrogen) atoms. The van der Waals surface area contributed by atoms with Crippen LogP contribution in [0.3, 0.4) is 0 Å². The van der Waals surface area contributed by atoms with Gasteiger partial charge in [0.1, 0.15) is 6.04 Å². The number of aryl methyl sites for hydroxylation is 1. The molecule has 0 aliphatic carbocycles. The van der Waals surface area contributed by atoms with Gasteiger partial charge in [-0.3, -0.25) is 0 Å². The number of esters is 1. The van der Waals surface area contributed by atoms with Crippen molar-refractivity contribution in [1.82, 2.24) is 5.32 Å². The van der Waals surface area contributed by atoms with Gasteiger partial charge in [-0.25, -0.2) is 9.59 Å². The highest BCUT2D eigenvalue weighted by Gasteiger charge is 2.21. The molecule has 1 unspecified atom stereocenters. The molecule has 1 atom stereocenters. The summed E-state index contributed by atoms with van der Waals surface area (Å²) in [6.45, 7) is 1.94. The molecule has 0 saturated heterocycles. The molecule has 0 radical (unpaired) electrons. The van der Waals surface area contributed by atoms with E-state index in [1.807, 2.05) is 55.5 Å². The van der Waals surface area contributed by atoms with Gasteiger partial charge in [-0.1, -0.05) is 42.5 Å². The van der Waals surface area contributed by atoms with Crippen molar-refractivity contribution in [3.05, 3.63) is 65.7 Å². The number of urea groups is 1. The second-order valence-corrected chi connectivity index (χ2v) is 5.23. The van der Waals surface area contributed by atoms with Crippen LogP contribution in [0, 0.1) is 6.92 Å². The molecule has 0 fully saturated rings. The molecule has 120 valence electrons. The summed E-state index contributed by atoms with van der Waals surface area (Å²) >= 11 is 0. The van der Waals surface area contributed by atoms with Crippen molar-refractivity contribution in [2.24, 2.45) is 0 Å². The highest BCUT2D eigenvalue weighted by Crippen LogP contribution is 2.10. The number of methoxy groups -OCH3 is 1. The molecular formula is C18H20N2O3. The number of carbonyl (C=O) groups excluding carboxylic acids is 2. The Morgan fingerprint density at radius 3 is 2.48 bits per heavy atom. The van der Waals surface area contributed by atoms with Crippen LogP contribution in [0.25, 0.3) is 0 Å². The van der Waals surface area contributed by atoms with Crippen molar-refractivity contribution in [3.8, 4) is 0 Å². The van der Waals surface area contributed by atoms with E-state index in [1.54, 1.807) is 6.07 Å². The lowest BCUT2D eigenvalue weighted by Crippen LogP contribution is -2.45. The van der Waals surface area contributed by atoms with Gasteiger partial charge < -0.3 is 15.4 Å². The second-order valence-electron chi connectivity index (χ2n) is 5.23. The molecule has 5 nitrogen and oxygen atoms in total. The van der Waals surface area contributed by atoms with Gasteiger partial charge in [0, 0.05) is 12.1 Å². The lowest BCUT2D eigenvalue weighted by Gasteiger charge is -2.17. The van der Waals surface area contributed by atoms with Gasteiger partial charge in [-0.05, 0) is 30.2 Å². The van der Waals surface area contributed by atoms with Crippen molar-refractivity contribution in [3.63, 3.8) is 0 Å². The molecule has 2 rings (SSSR count). The van der Waals surface area contributed by atoms with Crippen molar-refractivity contribution < 1.29 is 14.3 Å². The summed E-state index contributed by atoms with van der Waals surface area (Å²) in [6.07, 6.45) is 0.370. The molecule has 2 aromatic carbocycles. The number of nitrogens with one attached hydrogen (secondary N) is 2. The van der Waals surface area contributed by atoms with Crippen LogP contribution in [0.1, 0.15) is 11.1 Å². The van der Waals surface area contributed by atoms with Crippen LogP contribution in [-0.2, 0) is 16.0 Å². The largest absolute Gasteiger partial charge is 0.467 e. The monoisotopic (exact) mass is 312 g/mol. The lowest BCUT2D eigenvalue weighted by atomic mass is 10.1. The predicted molar refractivity (Wildman–Crippen MR) is 89.3 cm³/mol. The lowest BCUT2D eigenvalue weighted by molar-refractivity contribution is -0.142. The summed E-state index contributed by atoms with van der Waals surface area (Å²) in [6, 6.07) is 15.7. The average Bonchev–Trinajstić information content (AvgIpc) is 2.54. The maximum atomic E-state index is 12.1. The summed E-state index contributed by atoms with van der Waals surface area (Å²) in [5.74, 6) is -0.478. The molecule has 0 aliphatic heterocycles. The number of anilines is 1. The van der Waals surface area contributed by atoms with E-state index in [-0.39, 0.29) is 0 Å². The van der Waals surface area contributed by atoms with Gasteiger partial charge in [0.2, 0.25) is 0 Å². The number of hydrogen-bond donors (Lipinski definition) is 2. The molecular weight excluding hydrogens is 292 g/mol. The fraction of sp³-hybridized carbons (Fsp3) is 0.222. The minimum absolute atomic E-state index is 0.370. The average molecular weight is 312 g/mol. The number of benzene rings is 2. The minimum Gasteiger partial charge on any atom is -0.467 e. The van der Waals surface area contributed by atoms with Gasteiger partial charge in [0.15, 0.2) is 0 Å². The normalized spacial score (nSPS) is 11.4. The third kappa shape index (κ3) is 5.14. The Bertz CT molecular complexity index is 671. The molecule has 2 amide bonds. The van der Waals surface area contributed by atoms with Gasteiger partial charge in [-0.15, -0.1) is 0 Å². The first kappa shape index (κ1) is 16.5. The summed E-state index contributed by atoms with van der Waals surface area (Å²) in [5.41, 5.74) is 2.65. The van der Waals surface area contributed by atoms with Crippen LogP contribution in [0.2, 0.25) is 0 Å². The first-order chi connectivity index (χ1) is 11.1. The molecule has 0 heterocycles. The van der Waals surface area contributed by atoms with Gasteiger partial charge in [0.25, 0.3) is 0 Å². The number of amides is 2. The molecule has 5 heteroatoms. The van der Waals surface area contributed by atoms with Gasteiger partial charge >= 0.3 is 12.0 Å². The number of hydrogen-bond acceptors (Lipinski definition) is 3.